The molecule has 1 N–H and O–H groups in total. The molecular formula is C19H19FN2O2. The second kappa shape index (κ2) is 5.74. The van der Waals surface area contributed by atoms with Crippen molar-refractivity contribution in [1.82, 2.24) is 10.2 Å². The summed E-state index contributed by atoms with van der Waals surface area (Å²) < 4.78 is 19.7. The van der Waals surface area contributed by atoms with E-state index in [-0.39, 0.29) is 5.56 Å². The van der Waals surface area contributed by atoms with Crippen LogP contribution in [0.3, 0.4) is 0 Å². The lowest BCUT2D eigenvalue weighted by molar-refractivity contribution is 0.00690. The maximum absolute atomic E-state index is 14.3. The normalized spacial score (nSPS) is 11.7. The first kappa shape index (κ1) is 16.2. The summed E-state index contributed by atoms with van der Waals surface area (Å²) in [5.41, 5.74) is 2.39. The van der Waals surface area contributed by atoms with Gasteiger partial charge in [-0.2, -0.15) is 5.10 Å². The Morgan fingerprint density at radius 1 is 1.21 bits per heavy atom. The zero-order valence-corrected chi connectivity index (χ0v) is 14.1. The number of aromatic nitrogens is 2. The Morgan fingerprint density at radius 3 is 2.67 bits per heavy atom. The molecule has 3 aromatic rings. The van der Waals surface area contributed by atoms with Crippen molar-refractivity contribution in [2.75, 3.05) is 0 Å². The highest BCUT2D eigenvalue weighted by Gasteiger charge is 2.20. The molecule has 24 heavy (non-hydrogen) atoms. The van der Waals surface area contributed by atoms with E-state index in [2.05, 4.69) is 10.2 Å². The molecule has 0 unspecified atom stereocenters. The second-order valence-corrected chi connectivity index (χ2v) is 6.80. The number of nitrogens with zero attached hydrogens (tertiary/aromatic N) is 1. The van der Waals surface area contributed by atoms with E-state index in [1.807, 2.05) is 18.2 Å². The number of halogens is 1. The molecule has 0 amide bonds. The number of nitrogens with one attached hydrogen (secondary N) is 1. The standard InChI is InChI=1S/C19H19FN2O2/c1-11-15(12-5-6-13-10-21-22-17(13)9-12)7-14(8-16(11)20)18(23)24-19(2,3)4/h5-10H,1-4H3,(H,21,22). The molecular weight excluding hydrogens is 307 g/mol. The van der Waals surface area contributed by atoms with Gasteiger partial charge in [0.1, 0.15) is 11.4 Å². The van der Waals surface area contributed by atoms with Gasteiger partial charge in [-0.25, -0.2) is 9.18 Å². The van der Waals surface area contributed by atoms with E-state index in [0.29, 0.717) is 11.1 Å². The fourth-order valence-electron chi connectivity index (χ4n) is 2.54. The zero-order valence-electron chi connectivity index (χ0n) is 14.1. The minimum absolute atomic E-state index is 0.202. The van der Waals surface area contributed by atoms with Gasteiger partial charge < -0.3 is 4.74 Å². The number of rotatable bonds is 2. The van der Waals surface area contributed by atoms with Gasteiger partial charge in [-0.05, 0) is 62.6 Å². The molecule has 0 aliphatic carbocycles. The van der Waals surface area contributed by atoms with Gasteiger partial charge in [0.2, 0.25) is 0 Å². The van der Waals surface area contributed by atoms with E-state index < -0.39 is 17.4 Å². The molecule has 4 nitrogen and oxygen atoms in total. The third-order valence-electron chi connectivity index (χ3n) is 3.73. The molecule has 0 aliphatic rings. The van der Waals surface area contributed by atoms with Crippen LogP contribution < -0.4 is 0 Å². The van der Waals surface area contributed by atoms with Gasteiger partial charge in [-0.1, -0.05) is 12.1 Å². The molecule has 3 rings (SSSR count). The fraction of sp³-hybridized carbons (Fsp3) is 0.263. The Balaban J connectivity index is 2.08. The van der Waals surface area contributed by atoms with Crippen molar-refractivity contribution in [2.45, 2.75) is 33.3 Å². The molecule has 1 aromatic heterocycles. The Kier molecular flexibility index (Phi) is 3.87. The van der Waals surface area contributed by atoms with Gasteiger partial charge in [-0.3, -0.25) is 5.10 Å². The first-order chi connectivity index (χ1) is 11.2. The summed E-state index contributed by atoms with van der Waals surface area (Å²) in [6, 6.07) is 8.58. The Hall–Kier alpha value is -2.69. The highest BCUT2D eigenvalue weighted by atomic mass is 19.1. The summed E-state index contributed by atoms with van der Waals surface area (Å²) in [7, 11) is 0. The Labute approximate surface area is 139 Å². The van der Waals surface area contributed by atoms with Crippen LogP contribution in [0.2, 0.25) is 0 Å². The van der Waals surface area contributed by atoms with Gasteiger partial charge in [-0.15, -0.1) is 0 Å². The molecule has 2 aromatic carbocycles. The molecule has 0 aliphatic heterocycles. The van der Waals surface area contributed by atoms with E-state index in [0.717, 1.165) is 16.5 Å². The summed E-state index contributed by atoms with van der Waals surface area (Å²) in [6.45, 7) is 7.04. The number of fused-ring (bicyclic) bond motifs is 1. The highest BCUT2D eigenvalue weighted by Crippen LogP contribution is 2.29. The summed E-state index contributed by atoms with van der Waals surface area (Å²) in [5, 5.41) is 7.86. The van der Waals surface area contributed by atoms with E-state index in [9.17, 15) is 9.18 Å². The topological polar surface area (TPSA) is 55.0 Å². The minimum Gasteiger partial charge on any atom is -0.456 e. The molecule has 124 valence electrons. The number of aromatic amines is 1. The van der Waals surface area contributed by atoms with Crippen LogP contribution in [-0.4, -0.2) is 21.8 Å². The van der Waals surface area contributed by atoms with E-state index in [1.54, 1.807) is 40.0 Å². The number of esters is 1. The first-order valence-electron chi connectivity index (χ1n) is 7.71. The predicted octanol–water partition coefficient (Wildman–Crippen LogP) is 4.63. The number of hydrogen-bond donors (Lipinski definition) is 1. The van der Waals surface area contributed by atoms with Crippen molar-refractivity contribution in [3.8, 4) is 11.1 Å². The molecule has 0 bridgehead atoms. The van der Waals surface area contributed by atoms with Crippen LogP contribution in [0.1, 0.15) is 36.7 Å². The van der Waals surface area contributed by atoms with Gasteiger partial charge in [0.05, 0.1) is 17.3 Å². The molecule has 0 saturated carbocycles. The summed E-state index contributed by atoms with van der Waals surface area (Å²) in [4.78, 5) is 12.3. The van der Waals surface area contributed by atoms with Gasteiger partial charge in [0.25, 0.3) is 0 Å². The Morgan fingerprint density at radius 2 is 1.96 bits per heavy atom. The van der Waals surface area contributed by atoms with Crippen molar-refractivity contribution in [1.29, 1.82) is 0 Å². The third kappa shape index (κ3) is 3.15. The molecule has 1 heterocycles. The third-order valence-corrected chi connectivity index (χ3v) is 3.73. The van der Waals surface area contributed by atoms with E-state index in [1.165, 1.54) is 6.07 Å². The van der Waals surface area contributed by atoms with Crippen molar-refractivity contribution in [3.63, 3.8) is 0 Å². The molecule has 0 saturated heterocycles. The lowest BCUT2D eigenvalue weighted by atomic mass is 9.96. The number of carbonyl (C=O) groups excluding carboxylic acids is 1. The van der Waals surface area contributed by atoms with Crippen molar-refractivity contribution < 1.29 is 13.9 Å². The smallest absolute Gasteiger partial charge is 0.338 e. The summed E-state index contributed by atoms with van der Waals surface area (Å²) in [6.07, 6.45) is 1.73. The number of carbonyl (C=O) groups is 1. The van der Waals surface area contributed by atoms with Crippen LogP contribution in [0.25, 0.3) is 22.0 Å². The number of hydrogen-bond acceptors (Lipinski definition) is 3. The predicted molar refractivity (Wildman–Crippen MR) is 91.4 cm³/mol. The van der Waals surface area contributed by atoms with Gasteiger partial charge in [0.15, 0.2) is 0 Å². The lowest BCUT2D eigenvalue weighted by Crippen LogP contribution is -2.24. The summed E-state index contributed by atoms with van der Waals surface area (Å²) in [5.74, 6) is -0.969. The van der Waals surface area contributed by atoms with Crippen LogP contribution in [0, 0.1) is 12.7 Å². The highest BCUT2D eigenvalue weighted by molar-refractivity contribution is 5.92. The number of ether oxygens (including phenoxy) is 1. The maximum Gasteiger partial charge on any atom is 0.338 e. The van der Waals surface area contributed by atoms with Gasteiger partial charge >= 0.3 is 5.97 Å². The van der Waals surface area contributed by atoms with Gasteiger partial charge in [0, 0.05) is 5.39 Å². The molecule has 0 radical (unpaired) electrons. The second-order valence-electron chi connectivity index (χ2n) is 6.80. The SMILES string of the molecule is Cc1c(F)cc(C(=O)OC(C)(C)C)cc1-c1ccc2cn[nH]c2c1. The lowest BCUT2D eigenvalue weighted by Gasteiger charge is -2.20. The molecule has 5 heteroatoms. The van der Waals surface area contributed by atoms with Crippen LogP contribution in [0.4, 0.5) is 4.39 Å². The monoisotopic (exact) mass is 326 g/mol. The van der Waals surface area contributed by atoms with Crippen LogP contribution in [-0.2, 0) is 4.74 Å². The number of benzene rings is 2. The first-order valence-corrected chi connectivity index (χ1v) is 7.71. The fourth-order valence-corrected chi connectivity index (χ4v) is 2.54. The Bertz CT molecular complexity index is 923. The average molecular weight is 326 g/mol. The molecule has 0 atom stereocenters. The number of H-pyrrole nitrogens is 1. The minimum atomic E-state index is -0.632. The summed E-state index contributed by atoms with van der Waals surface area (Å²) >= 11 is 0. The van der Waals surface area contributed by atoms with Crippen molar-refractivity contribution >= 4 is 16.9 Å². The quantitative estimate of drug-likeness (QED) is 0.698. The van der Waals surface area contributed by atoms with E-state index in [4.69, 9.17) is 4.74 Å². The van der Waals surface area contributed by atoms with Crippen LogP contribution in [0.5, 0.6) is 0 Å². The molecule has 0 fully saturated rings. The van der Waals surface area contributed by atoms with Crippen molar-refractivity contribution in [2.24, 2.45) is 0 Å². The van der Waals surface area contributed by atoms with Crippen molar-refractivity contribution in [3.05, 3.63) is 53.5 Å². The molecule has 0 spiro atoms. The van der Waals surface area contributed by atoms with Crippen LogP contribution >= 0.6 is 0 Å². The van der Waals surface area contributed by atoms with Crippen LogP contribution in [0.15, 0.2) is 36.5 Å². The maximum atomic E-state index is 14.3. The average Bonchev–Trinajstić information content (AvgIpc) is 2.95. The largest absolute Gasteiger partial charge is 0.456 e. The van der Waals surface area contributed by atoms with E-state index >= 15 is 0 Å². The zero-order chi connectivity index (χ0) is 17.5.